The van der Waals surface area contributed by atoms with Gasteiger partial charge in [-0.15, -0.1) is 10.2 Å². The van der Waals surface area contributed by atoms with Gasteiger partial charge in [0.05, 0.1) is 0 Å². The zero-order valence-corrected chi connectivity index (χ0v) is 12.2. The Hall–Kier alpha value is -2.87. The number of amides is 2. The van der Waals surface area contributed by atoms with E-state index in [4.69, 9.17) is 0 Å². The molecule has 7 nitrogen and oxygen atoms in total. The molecule has 0 bridgehead atoms. The highest BCUT2D eigenvalue weighted by Gasteiger charge is 2.09. The Balaban J connectivity index is 1.57. The first-order valence-electron chi connectivity index (χ1n) is 6.50. The maximum Gasteiger partial charge on any atom is 0.321 e. The highest BCUT2D eigenvalue weighted by atomic mass is 32.1. The molecule has 2 N–H and O–H groups in total. The van der Waals surface area contributed by atoms with Crippen LogP contribution in [0.2, 0.25) is 0 Å². The Labute approximate surface area is 130 Å². The van der Waals surface area contributed by atoms with Crippen LogP contribution < -0.4 is 10.6 Å². The van der Waals surface area contributed by atoms with Crippen LogP contribution in [0.3, 0.4) is 0 Å². The number of rotatable bonds is 4. The van der Waals surface area contributed by atoms with E-state index in [1.165, 1.54) is 11.3 Å². The predicted molar refractivity (Wildman–Crippen MR) is 83.2 cm³/mol. The van der Waals surface area contributed by atoms with Crippen molar-refractivity contribution in [1.82, 2.24) is 25.5 Å². The van der Waals surface area contributed by atoms with E-state index in [0.717, 1.165) is 11.3 Å². The molecule has 0 aliphatic rings. The largest absolute Gasteiger partial charge is 0.334 e. The fraction of sp³-hybridized carbons (Fsp3) is 0.0714. The standard InChI is InChI=1S/C14H12N6OS/c21-13(17-9-10-4-3-6-15-8-10)18-14-20-19-12(22-14)11-5-1-2-7-16-11/h1-8H,9H2,(H2,17,18,20,21). The zero-order valence-electron chi connectivity index (χ0n) is 11.4. The van der Waals surface area contributed by atoms with Gasteiger partial charge in [0.15, 0.2) is 5.01 Å². The number of nitrogens with one attached hydrogen (secondary N) is 2. The topological polar surface area (TPSA) is 92.7 Å². The van der Waals surface area contributed by atoms with Crippen LogP contribution >= 0.6 is 11.3 Å². The van der Waals surface area contributed by atoms with Crippen LogP contribution in [-0.2, 0) is 6.54 Å². The quantitative estimate of drug-likeness (QED) is 0.771. The van der Waals surface area contributed by atoms with Crippen LogP contribution in [0.5, 0.6) is 0 Å². The van der Waals surface area contributed by atoms with Crippen molar-refractivity contribution in [1.29, 1.82) is 0 Å². The van der Waals surface area contributed by atoms with Gasteiger partial charge in [0.25, 0.3) is 0 Å². The molecule has 3 heterocycles. The van der Waals surface area contributed by atoms with Crippen molar-refractivity contribution in [3.8, 4) is 10.7 Å². The van der Waals surface area contributed by atoms with E-state index in [0.29, 0.717) is 16.7 Å². The molecule has 0 spiro atoms. The number of hydrogen-bond donors (Lipinski definition) is 2. The Morgan fingerprint density at radius 2 is 2.09 bits per heavy atom. The Bertz CT molecular complexity index is 746. The molecule has 8 heteroatoms. The molecular formula is C14H12N6OS. The van der Waals surface area contributed by atoms with Crippen LogP contribution in [0.1, 0.15) is 5.56 Å². The first-order valence-corrected chi connectivity index (χ1v) is 7.31. The third-order valence-electron chi connectivity index (χ3n) is 2.71. The molecule has 3 aromatic rings. The fourth-order valence-electron chi connectivity index (χ4n) is 1.69. The van der Waals surface area contributed by atoms with Gasteiger partial charge in [-0.2, -0.15) is 0 Å². The summed E-state index contributed by atoms with van der Waals surface area (Å²) < 4.78 is 0. The van der Waals surface area contributed by atoms with Gasteiger partial charge < -0.3 is 5.32 Å². The number of carbonyl (C=O) groups is 1. The summed E-state index contributed by atoms with van der Waals surface area (Å²) in [6.45, 7) is 0.394. The molecule has 0 saturated heterocycles. The summed E-state index contributed by atoms with van der Waals surface area (Å²) in [5.74, 6) is 0. The third-order valence-corrected chi connectivity index (χ3v) is 3.57. The lowest BCUT2D eigenvalue weighted by atomic mass is 10.3. The summed E-state index contributed by atoms with van der Waals surface area (Å²) in [5, 5.41) is 14.4. The first-order chi connectivity index (χ1) is 10.8. The minimum Gasteiger partial charge on any atom is -0.334 e. The van der Waals surface area contributed by atoms with E-state index in [1.807, 2.05) is 30.3 Å². The van der Waals surface area contributed by atoms with Gasteiger partial charge in [0, 0.05) is 25.1 Å². The first kappa shape index (κ1) is 14.1. The van der Waals surface area contributed by atoms with Gasteiger partial charge in [-0.25, -0.2) is 4.79 Å². The molecular weight excluding hydrogens is 300 g/mol. The summed E-state index contributed by atoms with van der Waals surface area (Å²) in [5.41, 5.74) is 1.65. The molecule has 22 heavy (non-hydrogen) atoms. The number of aromatic nitrogens is 4. The van der Waals surface area contributed by atoms with Crippen LogP contribution in [-0.4, -0.2) is 26.2 Å². The monoisotopic (exact) mass is 312 g/mol. The molecule has 0 radical (unpaired) electrons. The molecule has 2 amide bonds. The number of carbonyl (C=O) groups excluding carboxylic acids is 1. The van der Waals surface area contributed by atoms with Crippen LogP contribution in [0.25, 0.3) is 10.7 Å². The molecule has 0 aliphatic carbocycles. The summed E-state index contributed by atoms with van der Waals surface area (Å²) in [7, 11) is 0. The SMILES string of the molecule is O=C(NCc1cccnc1)Nc1nnc(-c2ccccn2)s1. The highest BCUT2D eigenvalue weighted by Crippen LogP contribution is 2.24. The van der Waals surface area contributed by atoms with Crippen molar-refractivity contribution in [2.45, 2.75) is 6.54 Å². The van der Waals surface area contributed by atoms with E-state index < -0.39 is 0 Å². The molecule has 0 unspecified atom stereocenters. The van der Waals surface area contributed by atoms with E-state index >= 15 is 0 Å². The molecule has 0 fully saturated rings. The zero-order chi connectivity index (χ0) is 15.2. The van der Waals surface area contributed by atoms with Gasteiger partial charge in [0.2, 0.25) is 5.13 Å². The van der Waals surface area contributed by atoms with E-state index in [9.17, 15) is 4.79 Å². The van der Waals surface area contributed by atoms with E-state index in [2.05, 4.69) is 30.8 Å². The number of anilines is 1. The predicted octanol–water partition coefficient (Wildman–Crippen LogP) is 2.32. The summed E-state index contributed by atoms with van der Waals surface area (Å²) >= 11 is 1.27. The lowest BCUT2D eigenvalue weighted by Gasteiger charge is -2.04. The fourth-order valence-corrected chi connectivity index (χ4v) is 2.41. The van der Waals surface area contributed by atoms with Crippen molar-refractivity contribution < 1.29 is 4.79 Å². The van der Waals surface area contributed by atoms with E-state index in [1.54, 1.807) is 18.6 Å². The van der Waals surface area contributed by atoms with Gasteiger partial charge in [-0.1, -0.05) is 23.5 Å². The van der Waals surface area contributed by atoms with Crippen molar-refractivity contribution in [3.63, 3.8) is 0 Å². The lowest BCUT2D eigenvalue weighted by molar-refractivity contribution is 0.251. The van der Waals surface area contributed by atoms with Crippen molar-refractivity contribution in [2.24, 2.45) is 0 Å². The Morgan fingerprint density at radius 3 is 2.86 bits per heavy atom. The minimum atomic E-state index is -0.340. The minimum absolute atomic E-state index is 0.340. The summed E-state index contributed by atoms with van der Waals surface area (Å²) in [6.07, 6.45) is 5.07. The third kappa shape index (κ3) is 3.61. The van der Waals surface area contributed by atoms with Crippen LogP contribution in [0, 0.1) is 0 Å². The second-order valence-corrected chi connectivity index (χ2v) is 5.27. The molecule has 3 rings (SSSR count). The van der Waals surface area contributed by atoms with E-state index in [-0.39, 0.29) is 6.03 Å². The molecule has 0 saturated carbocycles. The maximum atomic E-state index is 11.8. The van der Waals surface area contributed by atoms with Gasteiger partial charge in [-0.05, 0) is 23.8 Å². The number of hydrogen-bond acceptors (Lipinski definition) is 6. The average Bonchev–Trinajstić information content (AvgIpc) is 3.03. The second-order valence-electron chi connectivity index (χ2n) is 4.30. The average molecular weight is 312 g/mol. The second kappa shape index (κ2) is 6.72. The molecule has 0 aliphatic heterocycles. The molecule has 110 valence electrons. The number of urea groups is 1. The summed E-state index contributed by atoms with van der Waals surface area (Å²) in [4.78, 5) is 20.0. The molecule has 0 aromatic carbocycles. The van der Waals surface area contributed by atoms with Crippen LogP contribution in [0.4, 0.5) is 9.93 Å². The molecule has 0 atom stereocenters. The maximum absolute atomic E-state index is 11.8. The van der Waals surface area contributed by atoms with Gasteiger partial charge in [-0.3, -0.25) is 15.3 Å². The Morgan fingerprint density at radius 1 is 1.14 bits per heavy atom. The summed E-state index contributed by atoms with van der Waals surface area (Å²) in [6, 6.07) is 8.91. The highest BCUT2D eigenvalue weighted by molar-refractivity contribution is 7.18. The van der Waals surface area contributed by atoms with Gasteiger partial charge >= 0.3 is 6.03 Å². The molecule has 3 aromatic heterocycles. The lowest BCUT2D eigenvalue weighted by Crippen LogP contribution is -2.28. The number of nitrogens with zero attached hydrogens (tertiary/aromatic N) is 4. The normalized spacial score (nSPS) is 10.2. The van der Waals surface area contributed by atoms with Crippen molar-refractivity contribution >= 4 is 22.5 Å². The van der Waals surface area contributed by atoms with Crippen LogP contribution in [0.15, 0.2) is 48.9 Å². The smallest absolute Gasteiger partial charge is 0.321 e. The van der Waals surface area contributed by atoms with Gasteiger partial charge in [0.1, 0.15) is 5.69 Å². The van der Waals surface area contributed by atoms with Crippen molar-refractivity contribution in [2.75, 3.05) is 5.32 Å². The Kier molecular flexibility index (Phi) is 4.30. The number of pyridine rings is 2. The van der Waals surface area contributed by atoms with Crippen molar-refractivity contribution in [3.05, 3.63) is 54.5 Å².